The molecule has 1 N–H and O–H groups in total. The van der Waals surface area contributed by atoms with Crippen molar-refractivity contribution in [2.45, 2.75) is 31.6 Å². The number of likely N-dealkylation sites (tertiary alicyclic amines) is 1. The van der Waals surface area contributed by atoms with Crippen molar-refractivity contribution in [2.24, 2.45) is 0 Å². The summed E-state index contributed by atoms with van der Waals surface area (Å²) in [5.74, 6) is 0.225. The van der Waals surface area contributed by atoms with Gasteiger partial charge in [-0.2, -0.15) is 0 Å². The van der Waals surface area contributed by atoms with Crippen molar-refractivity contribution in [2.75, 3.05) is 40.5 Å². The first-order valence-corrected chi connectivity index (χ1v) is 9.08. The van der Waals surface area contributed by atoms with Crippen molar-refractivity contribution >= 4 is 11.8 Å². The second kappa shape index (κ2) is 8.58. The molecule has 2 aliphatic heterocycles. The molecule has 1 aromatic rings. The highest BCUT2D eigenvalue weighted by atomic mass is 16.7. The predicted octanol–water partition coefficient (Wildman–Crippen LogP) is 1.08. The van der Waals surface area contributed by atoms with Crippen LogP contribution in [0.5, 0.6) is 11.5 Å². The molecule has 8 heteroatoms. The van der Waals surface area contributed by atoms with Gasteiger partial charge in [-0.15, -0.1) is 0 Å². The van der Waals surface area contributed by atoms with Crippen LogP contribution in [-0.2, 0) is 25.6 Å². The van der Waals surface area contributed by atoms with E-state index in [1.165, 1.54) is 0 Å². The van der Waals surface area contributed by atoms with Crippen LogP contribution in [0.3, 0.4) is 0 Å². The van der Waals surface area contributed by atoms with Gasteiger partial charge in [0.25, 0.3) is 0 Å². The molecule has 0 radical (unpaired) electrons. The van der Waals surface area contributed by atoms with Crippen LogP contribution in [0.25, 0.3) is 0 Å². The van der Waals surface area contributed by atoms with Crippen LogP contribution in [0.4, 0.5) is 0 Å². The van der Waals surface area contributed by atoms with E-state index in [0.717, 1.165) is 5.56 Å². The van der Waals surface area contributed by atoms with Gasteiger partial charge in [0.1, 0.15) is 6.42 Å². The van der Waals surface area contributed by atoms with Crippen LogP contribution < -0.4 is 14.8 Å². The van der Waals surface area contributed by atoms with Gasteiger partial charge in [-0.05, 0) is 17.7 Å². The van der Waals surface area contributed by atoms with E-state index in [0.29, 0.717) is 57.2 Å². The molecule has 27 heavy (non-hydrogen) atoms. The second-order valence-corrected chi connectivity index (χ2v) is 6.63. The Hall–Kier alpha value is -2.32. The Morgan fingerprint density at radius 3 is 2.41 bits per heavy atom. The number of benzene rings is 1. The Labute approximate surface area is 158 Å². The maximum Gasteiger partial charge on any atom is 0.232 e. The van der Waals surface area contributed by atoms with Crippen LogP contribution in [0.1, 0.15) is 24.8 Å². The molecule has 8 nitrogen and oxygen atoms in total. The molecular weight excluding hydrogens is 352 g/mol. The Morgan fingerprint density at radius 2 is 1.78 bits per heavy atom. The van der Waals surface area contributed by atoms with E-state index in [9.17, 15) is 9.59 Å². The third-order valence-electron chi connectivity index (χ3n) is 4.94. The molecule has 0 aromatic heterocycles. The van der Waals surface area contributed by atoms with E-state index >= 15 is 0 Å². The summed E-state index contributed by atoms with van der Waals surface area (Å²) in [4.78, 5) is 26.2. The average molecular weight is 378 g/mol. The zero-order valence-corrected chi connectivity index (χ0v) is 15.8. The molecule has 2 heterocycles. The fraction of sp³-hybridized carbons (Fsp3) is 0.579. The van der Waals surface area contributed by atoms with Crippen molar-refractivity contribution in [3.8, 4) is 11.5 Å². The largest absolute Gasteiger partial charge is 0.493 e. The lowest BCUT2D eigenvalue weighted by molar-refractivity contribution is -0.187. The van der Waals surface area contributed by atoms with Gasteiger partial charge in [0, 0.05) is 32.5 Å². The first kappa shape index (κ1) is 19.4. The number of nitrogens with one attached hydrogen (secondary N) is 1. The zero-order chi connectivity index (χ0) is 19.3. The van der Waals surface area contributed by atoms with Gasteiger partial charge in [-0.25, -0.2) is 0 Å². The molecular formula is C19H26N2O6. The van der Waals surface area contributed by atoms with Crippen molar-refractivity contribution in [3.05, 3.63) is 23.8 Å². The van der Waals surface area contributed by atoms with Gasteiger partial charge in [-0.3, -0.25) is 9.59 Å². The Balaban J connectivity index is 1.44. The zero-order valence-electron chi connectivity index (χ0n) is 15.8. The highest BCUT2D eigenvalue weighted by Gasteiger charge is 2.40. The number of carbonyl (C=O) groups excluding carboxylic acids is 2. The molecule has 2 fully saturated rings. The monoisotopic (exact) mass is 378 g/mol. The summed E-state index contributed by atoms with van der Waals surface area (Å²) >= 11 is 0. The van der Waals surface area contributed by atoms with Crippen molar-refractivity contribution < 1.29 is 28.5 Å². The number of piperidine rings is 1. The van der Waals surface area contributed by atoms with Crippen molar-refractivity contribution in [1.82, 2.24) is 10.2 Å². The summed E-state index contributed by atoms with van der Waals surface area (Å²) in [6.07, 6.45) is 1.13. The summed E-state index contributed by atoms with van der Waals surface area (Å²) in [6.45, 7) is 2.61. The maximum absolute atomic E-state index is 12.4. The van der Waals surface area contributed by atoms with Gasteiger partial charge < -0.3 is 29.2 Å². The van der Waals surface area contributed by atoms with Crippen LogP contribution >= 0.6 is 0 Å². The molecule has 148 valence electrons. The summed E-state index contributed by atoms with van der Waals surface area (Å²) in [6, 6.07) is 5.42. The van der Waals surface area contributed by atoms with E-state index in [-0.39, 0.29) is 18.2 Å². The molecule has 0 bridgehead atoms. The quantitative estimate of drug-likeness (QED) is 0.746. The average Bonchev–Trinajstić information content (AvgIpc) is 3.14. The minimum Gasteiger partial charge on any atom is -0.493 e. The number of hydrogen-bond donors (Lipinski definition) is 1. The fourth-order valence-electron chi connectivity index (χ4n) is 3.39. The Kier molecular flexibility index (Phi) is 6.18. The molecule has 1 aromatic carbocycles. The Bertz CT molecular complexity index is 677. The fourth-order valence-corrected chi connectivity index (χ4v) is 3.39. The third kappa shape index (κ3) is 4.70. The lowest BCUT2D eigenvalue weighted by Crippen LogP contribution is -2.48. The highest BCUT2D eigenvalue weighted by molar-refractivity contribution is 5.96. The summed E-state index contributed by atoms with van der Waals surface area (Å²) in [7, 11) is 3.13. The third-order valence-corrected chi connectivity index (χ3v) is 4.94. The normalized spacial score (nSPS) is 18.4. The van der Waals surface area contributed by atoms with Gasteiger partial charge in [0.05, 0.1) is 27.4 Å². The number of ether oxygens (including phenoxy) is 4. The minimum atomic E-state index is -0.521. The lowest BCUT2D eigenvalue weighted by atomic mass is 10.0. The molecule has 0 saturated carbocycles. The maximum atomic E-state index is 12.4. The molecule has 0 aliphatic carbocycles. The second-order valence-electron chi connectivity index (χ2n) is 6.63. The minimum absolute atomic E-state index is 0.165. The summed E-state index contributed by atoms with van der Waals surface area (Å²) < 4.78 is 21.7. The van der Waals surface area contributed by atoms with Gasteiger partial charge in [0.2, 0.25) is 11.8 Å². The SMILES string of the molecule is COc1ccc(CNC(=O)CC(=O)N2CCC3(CC2)OCCO3)cc1OC. The van der Waals surface area contributed by atoms with E-state index < -0.39 is 5.79 Å². The molecule has 1 spiro atoms. The number of hydrogen-bond acceptors (Lipinski definition) is 6. The van der Waals surface area contributed by atoms with Crippen LogP contribution in [0.15, 0.2) is 18.2 Å². The standard InChI is InChI=1S/C19H26N2O6/c1-24-15-4-3-14(11-16(15)25-2)13-20-17(22)12-18(23)21-7-5-19(6-8-21)26-9-10-27-19/h3-4,11H,5-10,12-13H2,1-2H3,(H,20,22). The van der Waals surface area contributed by atoms with Crippen LogP contribution in [-0.4, -0.2) is 63.0 Å². The number of methoxy groups -OCH3 is 2. The van der Waals surface area contributed by atoms with E-state index in [1.54, 1.807) is 31.3 Å². The molecule has 0 unspecified atom stereocenters. The van der Waals surface area contributed by atoms with Crippen molar-refractivity contribution in [3.63, 3.8) is 0 Å². The number of rotatable bonds is 6. The van der Waals surface area contributed by atoms with Gasteiger partial charge >= 0.3 is 0 Å². The first-order valence-electron chi connectivity index (χ1n) is 9.08. The first-order chi connectivity index (χ1) is 13.0. The van der Waals surface area contributed by atoms with E-state index in [1.807, 2.05) is 6.07 Å². The highest BCUT2D eigenvalue weighted by Crippen LogP contribution is 2.31. The van der Waals surface area contributed by atoms with E-state index in [2.05, 4.69) is 5.32 Å². The van der Waals surface area contributed by atoms with Crippen LogP contribution in [0.2, 0.25) is 0 Å². The topological polar surface area (TPSA) is 86.3 Å². The predicted molar refractivity (Wildman–Crippen MR) is 96.5 cm³/mol. The molecule has 3 rings (SSSR count). The lowest BCUT2D eigenvalue weighted by Gasteiger charge is -2.37. The van der Waals surface area contributed by atoms with Crippen LogP contribution in [0, 0.1) is 0 Å². The number of nitrogens with zero attached hydrogens (tertiary/aromatic N) is 1. The Morgan fingerprint density at radius 1 is 1.11 bits per heavy atom. The van der Waals surface area contributed by atoms with Gasteiger partial charge in [0.15, 0.2) is 17.3 Å². The van der Waals surface area contributed by atoms with Crippen molar-refractivity contribution in [1.29, 1.82) is 0 Å². The molecule has 2 amide bonds. The smallest absolute Gasteiger partial charge is 0.232 e. The summed E-state index contributed by atoms with van der Waals surface area (Å²) in [5.41, 5.74) is 0.865. The van der Waals surface area contributed by atoms with Gasteiger partial charge in [-0.1, -0.05) is 6.07 Å². The molecule has 2 aliphatic rings. The summed E-state index contributed by atoms with van der Waals surface area (Å²) in [5, 5.41) is 2.77. The van der Waals surface area contributed by atoms with E-state index in [4.69, 9.17) is 18.9 Å². The number of amides is 2. The number of carbonyl (C=O) groups is 2. The molecule has 2 saturated heterocycles. The molecule has 0 atom stereocenters.